The molecule has 0 saturated carbocycles. The zero-order chi connectivity index (χ0) is 9.40. The SMILES string of the molecule is C=NCCN(CC)CCN(C)C. The van der Waals surface area contributed by atoms with E-state index in [9.17, 15) is 0 Å². The topological polar surface area (TPSA) is 18.8 Å². The van der Waals surface area contributed by atoms with Crippen LogP contribution in [-0.4, -0.2) is 63.3 Å². The number of likely N-dealkylation sites (N-methyl/N-ethyl adjacent to an activating group) is 2. The van der Waals surface area contributed by atoms with Gasteiger partial charge in [-0.3, -0.25) is 4.99 Å². The van der Waals surface area contributed by atoms with E-state index >= 15 is 0 Å². The van der Waals surface area contributed by atoms with Gasteiger partial charge in [-0.25, -0.2) is 0 Å². The van der Waals surface area contributed by atoms with E-state index in [2.05, 4.69) is 42.5 Å². The fourth-order valence-electron chi connectivity index (χ4n) is 0.982. The van der Waals surface area contributed by atoms with Gasteiger partial charge in [0.05, 0.1) is 6.54 Å². The smallest absolute Gasteiger partial charge is 0.0509 e. The summed E-state index contributed by atoms with van der Waals surface area (Å²) in [6.45, 7) is 10.9. The number of aliphatic imine (C=N–C) groups is 1. The average molecular weight is 171 g/mol. The van der Waals surface area contributed by atoms with Crippen LogP contribution in [-0.2, 0) is 0 Å². The Morgan fingerprint density at radius 2 is 1.83 bits per heavy atom. The van der Waals surface area contributed by atoms with Crippen molar-refractivity contribution in [1.82, 2.24) is 9.80 Å². The minimum Gasteiger partial charge on any atom is -0.308 e. The van der Waals surface area contributed by atoms with E-state index in [1.165, 1.54) is 0 Å². The van der Waals surface area contributed by atoms with Crippen molar-refractivity contribution >= 4 is 6.72 Å². The normalized spacial score (nSPS) is 11.1. The molecule has 0 bridgehead atoms. The highest BCUT2D eigenvalue weighted by molar-refractivity contribution is 5.23. The van der Waals surface area contributed by atoms with E-state index in [-0.39, 0.29) is 0 Å². The molecule has 0 rings (SSSR count). The molecule has 3 nitrogen and oxygen atoms in total. The van der Waals surface area contributed by atoms with Crippen LogP contribution < -0.4 is 0 Å². The molecule has 0 radical (unpaired) electrons. The summed E-state index contributed by atoms with van der Waals surface area (Å²) in [5.74, 6) is 0. The van der Waals surface area contributed by atoms with Crippen LogP contribution in [0.4, 0.5) is 0 Å². The number of nitrogens with zero attached hydrogens (tertiary/aromatic N) is 3. The van der Waals surface area contributed by atoms with Gasteiger partial charge in [0.15, 0.2) is 0 Å². The van der Waals surface area contributed by atoms with Gasteiger partial charge in [-0.2, -0.15) is 0 Å². The highest BCUT2D eigenvalue weighted by Gasteiger charge is 2.00. The molecular formula is C9H21N3. The summed E-state index contributed by atoms with van der Waals surface area (Å²) in [6.07, 6.45) is 0. The van der Waals surface area contributed by atoms with Crippen molar-refractivity contribution in [3.63, 3.8) is 0 Å². The van der Waals surface area contributed by atoms with Crippen LogP contribution in [0.5, 0.6) is 0 Å². The van der Waals surface area contributed by atoms with E-state index < -0.39 is 0 Å². The molecular weight excluding hydrogens is 150 g/mol. The molecule has 3 heteroatoms. The van der Waals surface area contributed by atoms with Crippen LogP contribution in [0.3, 0.4) is 0 Å². The summed E-state index contributed by atoms with van der Waals surface area (Å²) in [7, 11) is 4.19. The molecule has 0 atom stereocenters. The minimum atomic E-state index is 0.848. The van der Waals surface area contributed by atoms with Gasteiger partial charge in [0.2, 0.25) is 0 Å². The van der Waals surface area contributed by atoms with Crippen molar-refractivity contribution in [2.75, 3.05) is 46.8 Å². The van der Waals surface area contributed by atoms with Crippen LogP contribution >= 0.6 is 0 Å². The first-order chi connectivity index (χ1) is 5.70. The summed E-state index contributed by atoms with van der Waals surface area (Å²) >= 11 is 0. The first-order valence-corrected chi connectivity index (χ1v) is 4.50. The zero-order valence-corrected chi connectivity index (χ0v) is 8.58. The second kappa shape index (κ2) is 7.25. The van der Waals surface area contributed by atoms with Gasteiger partial charge in [0.25, 0.3) is 0 Å². The van der Waals surface area contributed by atoms with E-state index in [0.717, 1.165) is 32.7 Å². The molecule has 0 spiro atoms. The number of hydrogen-bond acceptors (Lipinski definition) is 3. The van der Waals surface area contributed by atoms with Crippen molar-refractivity contribution in [2.24, 2.45) is 4.99 Å². The van der Waals surface area contributed by atoms with Crippen LogP contribution in [0.1, 0.15) is 6.92 Å². The third kappa shape index (κ3) is 6.31. The van der Waals surface area contributed by atoms with Crippen molar-refractivity contribution in [3.8, 4) is 0 Å². The zero-order valence-electron chi connectivity index (χ0n) is 8.58. The lowest BCUT2D eigenvalue weighted by Crippen LogP contribution is -2.33. The number of hydrogen-bond donors (Lipinski definition) is 0. The lowest BCUT2D eigenvalue weighted by Gasteiger charge is -2.21. The highest BCUT2D eigenvalue weighted by atomic mass is 15.2. The first kappa shape index (κ1) is 11.6. The molecule has 0 aromatic carbocycles. The van der Waals surface area contributed by atoms with Crippen molar-refractivity contribution in [3.05, 3.63) is 0 Å². The van der Waals surface area contributed by atoms with E-state index in [0.29, 0.717) is 0 Å². The van der Waals surface area contributed by atoms with Crippen molar-refractivity contribution < 1.29 is 0 Å². The second-order valence-electron chi connectivity index (χ2n) is 3.18. The summed E-state index contributed by atoms with van der Waals surface area (Å²) < 4.78 is 0. The average Bonchev–Trinajstić information content (AvgIpc) is 2.05. The van der Waals surface area contributed by atoms with Crippen LogP contribution in [0.15, 0.2) is 4.99 Å². The predicted octanol–water partition coefficient (Wildman–Crippen LogP) is 0.571. The molecule has 0 aliphatic rings. The molecule has 0 aliphatic carbocycles. The molecule has 0 fully saturated rings. The Bertz CT molecular complexity index is 112. The maximum atomic E-state index is 3.85. The van der Waals surface area contributed by atoms with E-state index in [1.54, 1.807) is 0 Å². The lowest BCUT2D eigenvalue weighted by molar-refractivity contribution is 0.257. The second-order valence-corrected chi connectivity index (χ2v) is 3.18. The van der Waals surface area contributed by atoms with Gasteiger partial charge in [-0.15, -0.1) is 0 Å². The lowest BCUT2D eigenvalue weighted by atomic mass is 10.4. The van der Waals surface area contributed by atoms with Crippen LogP contribution in [0, 0.1) is 0 Å². The molecule has 0 aromatic heterocycles. The van der Waals surface area contributed by atoms with Gasteiger partial charge in [0.1, 0.15) is 0 Å². The van der Waals surface area contributed by atoms with Gasteiger partial charge < -0.3 is 9.80 Å². The molecule has 0 amide bonds. The summed E-state index contributed by atoms with van der Waals surface area (Å²) in [6, 6.07) is 0. The third-order valence-corrected chi connectivity index (χ3v) is 1.88. The highest BCUT2D eigenvalue weighted by Crippen LogP contribution is 1.88. The monoisotopic (exact) mass is 171 g/mol. The quantitative estimate of drug-likeness (QED) is 0.522. The summed E-state index contributed by atoms with van der Waals surface area (Å²) in [4.78, 5) is 8.43. The van der Waals surface area contributed by atoms with Gasteiger partial charge in [-0.1, -0.05) is 6.92 Å². The molecule has 12 heavy (non-hydrogen) atoms. The van der Waals surface area contributed by atoms with Crippen molar-refractivity contribution in [1.29, 1.82) is 0 Å². The van der Waals surface area contributed by atoms with Gasteiger partial charge >= 0.3 is 0 Å². The Labute approximate surface area is 76.1 Å². The maximum Gasteiger partial charge on any atom is 0.0509 e. The summed E-state index contributed by atoms with van der Waals surface area (Å²) in [5.41, 5.74) is 0. The minimum absolute atomic E-state index is 0.848. The Morgan fingerprint density at radius 3 is 2.25 bits per heavy atom. The Kier molecular flexibility index (Phi) is 7.00. The largest absolute Gasteiger partial charge is 0.308 e. The molecule has 72 valence electrons. The summed E-state index contributed by atoms with van der Waals surface area (Å²) in [5, 5.41) is 0. The molecule has 0 aliphatic heterocycles. The Balaban J connectivity index is 3.45. The van der Waals surface area contributed by atoms with Gasteiger partial charge in [0, 0.05) is 19.6 Å². The molecule has 0 heterocycles. The van der Waals surface area contributed by atoms with E-state index in [1.807, 2.05) is 0 Å². The van der Waals surface area contributed by atoms with Crippen LogP contribution in [0.25, 0.3) is 0 Å². The van der Waals surface area contributed by atoms with Gasteiger partial charge in [-0.05, 0) is 27.4 Å². The standard InChI is InChI=1S/C9H21N3/c1-5-12(7-6-10-2)9-8-11(3)4/h2,5-9H2,1,3-4H3. The predicted molar refractivity (Wildman–Crippen MR) is 55.1 cm³/mol. The molecule has 0 aromatic rings. The molecule has 0 N–H and O–H groups in total. The first-order valence-electron chi connectivity index (χ1n) is 4.50. The Morgan fingerprint density at radius 1 is 1.17 bits per heavy atom. The fraction of sp³-hybridized carbons (Fsp3) is 0.889. The maximum absolute atomic E-state index is 3.85. The fourth-order valence-corrected chi connectivity index (χ4v) is 0.982. The van der Waals surface area contributed by atoms with Crippen molar-refractivity contribution in [2.45, 2.75) is 6.92 Å². The van der Waals surface area contributed by atoms with Crippen LogP contribution in [0.2, 0.25) is 0 Å². The number of rotatable bonds is 7. The third-order valence-electron chi connectivity index (χ3n) is 1.88. The van der Waals surface area contributed by atoms with E-state index in [4.69, 9.17) is 0 Å². The molecule has 0 saturated heterocycles. The Hall–Kier alpha value is -0.410. The molecule has 0 unspecified atom stereocenters.